The van der Waals surface area contributed by atoms with Gasteiger partial charge in [0.25, 0.3) is 5.91 Å². The summed E-state index contributed by atoms with van der Waals surface area (Å²) in [6.07, 6.45) is 3.84. The van der Waals surface area contributed by atoms with E-state index in [0.29, 0.717) is 36.5 Å². The van der Waals surface area contributed by atoms with Gasteiger partial charge in [0.2, 0.25) is 16.0 Å². The summed E-state index contributed by atoms with van der Waals surface area (Å²) in [5, 5.41) is 0. The van der Waals surface area contributed by atoms with Crippen LogP contribution in [0.3, 0.4) is 0 Å². The largest absolute Gasteiger partial charge is 0.486 e. The number of sulfonamides is 1. The number of likely N-dealkylation sites (tertiary alicyclic amines) is 1. The van der Waals surface area contributed by atoms with Gasteiger partial charge in [0.15, 0.2) is 0 Å². The average Bonchev–Trinajstić information content (AvgIpc) is 3.58. The molecule has 0 spiro atoms. The number of dihydropyridines is 1. The zero-order valence-electron chi connectivity index (χ0n) is 24.0. The van der Waals surface area contributed by atoms with Crippen LogP contribution in [-0.2, 0) is 20.5 Å². The molecule has 2 aromatic rings. The van der Waals surface area contributed by atoms with Crippen molar-refractivity contribution >= 4 is 21.9 Å². The first-order chi connectivity index (χ1) is 19.6. The molecule has 3 heterocycles. The van der Waals surface area contributed by atoms with E-state index in [0.717, 1.165) is 24.0 Å². The molecule has 0 radical (unpaired) electrons. The Morgan fingerprint density at radius 3 is 2.66 bits per heavy atom. The lowest BCUT2D eigenvalue weighted by molar-refractivity contribution is 0.0339. The van der Waals surface area contributed by atoms with Gasteiger partial charge in [-0.05, 0) is 69.0 Å². The number of amides is 1. The van der Waals surface area contributed by atoms with Crippen LogP contribution in [0.2, 0.25) is 0 Å². The number of carbonyl (C=O) groups excluding carboxylic acids is 1. The lowest BCUT2D eigenvalue weighted by Crippen LogP contribution is -2.43. The molecule has 10 heteroatoms. The van der Waals surface area contributed by atoms with E-state index >= 15 is 0 Å². The molecule has 5 unspecified atom stereocenters. The number of halogens is 1. The van der Waals surface area contributed by atoms with Crippen molar-refractivity contribution in [3.63, 3.8) is 0 Å². The van der Waals surface area contributed by atoms with Crippen molar-refractivity contribution in [3.05, 3.63) is 76.9 Å². The van der Waals surface area contributed by atoms with Crippen molar-refractivity contribution in [2.45, 2.75) is 63.7 Å². The number of ether oxygens (including phenoxy) is 2. The van der Waals surface area contributed by atoms with Gasteiger partial charge in [-0.2, -0.15) is 8.70 Å². The van der Waals surface area contributed by atoms with Gasteiger partial charge in [0.1, 0.15) is 18.0 Å². The van der Waals surface area contributed by atoms with Crippen molar-refractivity contribution in [2.75, 3.05) is 26.7 Å². The summed E-state index contributed by atoms with van der Waals surface area (Å²) in [4.78, 5) is 19.1. The number of carbonyl (C=O) groups is 1. The van der Waals surface area contributed by atoms with Crippen LogP contribution < -0.4 is 4.74 Å². The van der Waals surface area contributed by atoms with Crippen LogP contribution in [-0.4, -0.2) is 80.5 Å². The number of methoxy groups -OCH3 is 1. The second kappa shape index (κ2) is 12.0. The summed E-state index contributed by atoms with van der Waals surface area (Å²) < 4.78 is 54.3. The predicted molar refractivity (Wildman–Crippen MR) is 156 cm³/mol. The highest BCUT2D eigenvalue weighted by molar-refractivity contribution is 7.88. The Morgan fingerprint density at radius 1 is 1.12 bits per heavy atom. The van der Waals surface area contributed by atoms with Gasteiger partial charge in [-0.25, -0.2) is 8.42 Å². The van der Waals surface area contributed by atoms with Crippen LogP contribution >= 0.6 is 0 Å². The normalized spacial score (nSPS) is 26.8. The Balaban J connectivity index is 1.27. The Morgan fingerprint density at radius 2 is 1.90 bits per heavy atom. The van der Waals surface area contributed by atoms with E-state index in [4.69, 9.17) is 9.47 Å². The van der Waals surface area contributed by atoms with Gasteiger partial charge in [-0.15, -0.1) is 0 Å². The average molecular weight is 584 g/mol. The molecule has 8 nitrogen and oxygen atoms in total. The number of hydrogen-bond donors (Lipinski definition) is 0. The number of aliphatic imine (C=N–C) groups is 1. The minimum Gasteiger partial charge on any atom is -0.486 e. The lowest BCUT2D eigenvalue weighted by atomic mass is 9.90. The molecule has 0 saturated carbocycles. The molecular weight excluding hydrogens is 545 g/mol. The van der Waals surface area contributed by atoms with E-state index in [1.807, 2.05) is 39.0 Å². The van der Waals surface area contributed by atoms with E-state index in [2.05, 4.69) is 4.99 Å². The monoisotopic (exact) mass is 583 g/mol. The Kier molecular flexibility index (Phi) is 8.63. The van der Waals surface area contributed by atoms with Gasteiger partial charge < -0.3 is 14.4 Å². The van der Waals surface area contributed by atoms with Gasteiger partial charge >= 0.3 is 0 Å². The van der Waals surface area contributed by atoms with Crippen LogP contribution in [0, 0.1) is 19.8 Å². The molecule has 5 atom stereocenters. The van der Waals surface area contributed by atoms with Crippen LogP contribution in [0.4, 0.5) is 4.39 Å². The van der Waals surface area contributed by atoms with Gasteiger partial charge in [-0.1, -0.05) is 35.9 Å². The minimum atomic E-state index is -3.64. The first-order valence-electron chi connectivity index (χ1n) is 14.1. The molecule has 0 aromatic heterocycles. The minimum absolute atomic E-state index is 0.0603. The zero-order chi connectivity index (χ0) is 29.3. The van der Waals surface area contributed by atoms with Crippen LogP contribution in [0.5, 0.6) is 5.75 Å². The number of hydrogen-bond acceptors (Lipinski definition) is 6. The molecule has 2 fully saturated rings. The molecular formula is C31H38FN3O5S. The molecule has 1 amide bonds. The van der Waals surface area contributed by atoms with Crippen molar-refractivity contribution < 1.29 is 27.1 Å². The second-order valence-electron chi connectivity index (χ2n) is 11.3. The van der Waals surface area contributed by atoms with E-state index in [9.17, 15) is 17.6 Å². The third-order valence-corrected chi connectivity index (χ3v) is 10.2. The van der Waals surface area contributed by atoms with Gasteiger partial charge in [0.05, 0.1) is 24.9 Å². The first kappa shape index (κ1) is 29.4. The summed E-state index contributed by atoms with van der Waals surface area (Å²) in [5.74, 6) is -0.385. The number of aryl methyl sites for hydroxylation is 2. The topological polar surface area (TPSA) is 88.5 Å². The van der Waals surface area contributed by atoms with E-state index in [-0.39, 0.29) is 35.8 Å². The molecule has 3 aliphatic heterocycles. The van der Waals surface area contributed by atoms with Crippen LogP contribution in [0.25, 0.3) is 0 Å². The maximum absolute atomic E-state index is 13.6. The van der Waals surface area contributed by atoms with Crippen LogP contribution in [0.15, 0.2) is 59.6 Å². The third kappa shape index (κ3) is 6.39. The summed E-state index contributed by atoms with van der Waals surface area (Å²) in [6, 6.07) is 12.4. The summed E-state index contributed by atoms with van der Waals surface area (Å²) in [6.45, 7) is 6.91. The predicted octanol–water partition coefficient (Wildman–Crippen LogP) is 4.46. The summed E-state index contributed by atoms with van der Waals surface area (Å²) in [5.41, 5.74) is 3.22. The first-order valence-corrected chi connectivity index (χ1v) is 15.7. The molecule has 2 aromatic carbocycles. The second-order valence-corrected chi connectivity index (χ2v) is 13.2. The van der Waals surface area contributed by atoms with E-state index < -0.39 is 22.1 Å². The van der Waals surface area contributed by atoms with Crippen molar-refractivity contribution in [1.29, 1.82) is 0 Å². The third-order valence-electron chi connectivity index (χ3n) is 8.35. The van der Waals surface area contributed by atoms with Crippen LogP contribution in [0.1, 0.15) is 46.8 Å². The van der Waals surface area contributed by atoms with Gasteiger partial charge in [-0.3, -0.25) is 9.79 Å². The SMILES string of the molecule is COC1CN(C(=O)c2cc(C)ccc2C)CC1Oc1cccc(CS(=O)(=O)N2CCCC2C2C=CC(F)=NC2C)c1. The van der Waals surface area contributed by atoms with Gasteiger partial charge in [0, 0.05) is 31.2 Å². The summed E-state index contributed by atoms with van der Waals surface area (Å²) in [7, 11) is -2.04. The maximum atomic E-state index is 13.6. The molecule has 0 bridgehead atoms. The highest BCUT2D eigenvalue weighted by Gasteiger charge is 2.41. The fourth-order valence-electron chi connectivity index (χ4n) is 6.18. The smallest absolute Gasteiger partial charge is 0.254 e. The molecule has 0 N–H and O–H groups in total. The molecule has 220 valence electrons. The highest BCUT2D eigenvalue weighted by atomic mass is 32.2. The fraction of sp³-hybridized carbons (Fsp3) is 0.484. The molecule has 2 saturated heterocycles. The van der Waals surface area contributed by atoms with E-state index in [1.165, 1.54) is 6.08 Å². The fourth-order valence-corrected chi connectivity index (χ4v) is 8.02. The molecule has 41 heavy (non-hydrogen) atoms. The molecule has 0 aliphatic carbocycles. The molecule has 5 rings (SSSR count). The number of nitrogens with zero attached hydrogens (tertiary/aromatic N) is 3. The number of allylic oxidation sites excluding steroid dienone is 1. The standard InChI is InChI=1S/C31H38FN3O5S/c1-20-10-11-21(2)26(15-20)31(36)34-17-28(39-4)29(18-34)40-24-8-5-7-23(16-24)19-41(37,38)35-14-6-9-27(35)25-12-13-30(32)33-22(25)3/h5,7-8,10-13,15-16,22,25,27-29H,6,9,14,17-19H2,1-4H3. The highest BCUT2D eigenvalue weighted by Crippen LogP contribution is 2.34. The van der Waals surface area contributed by atoms with Crippen molar-refractivity contribution in [1.82, 2.24) is 9.21 Å². The Hall–Kier alpha value is -3.08. The quantitative estimate of drug-likeness (QED) is 0.458. The Labute approximate surface area is 241 Å². The van der Waals surface area contributed by atoms with E-state index in [1.54, 1.807) is 46.7 Å². The lowest BCUT2D eigenvalue weighted by Gasteiger charge is -2.32. The van der Waals surface area contributed by atoms with Crippen molar-refractivity contribution in [3.8, 4) is 5.75 Å². The van der Waals surface area contributed by atoms with Crippen molar-refractivity contribution in [2.24, 2.45) is 10.9 Å². The maximum Gasteiger partial charge on any atom is 0.254 e. The Bertz CT molecular complexity index is 1460. The summed E-state index contributed by atoms with van der Waals surface area (Å²) >= 11 is 0. The zero-order valence-corrected chi connectivity index (χ0v) is 24.8. The molecule has 3 aliphatic rings. The number of rotatable bonds is 8. The number of benzene rings is 2.